The molecule has 0 atom stereocenters. The summed E-state index contributed by atoms with van der Waals surface area (Å²) >= 11 is 0. The summed E-state index contributed by atoms with van der Waals surface area (Å²) in [7, 11) is 3.55. The maximum atomic E-state index is 12.3. The van der Waals surface area contributed by atoms with Crippen molar-refractivity contribution in [1.29, 1.82) is 0 Å². The maximum Gasteiger partial charge on any atom is 0.214 e. The molecule has 0 radical (unpaired) electrons. The van der Waals surface area contributed by atoms with Crippen LogP contribution < -0.4 is 22.2 Å². The van der Waals surface area contributed by atoms with Gasteiger partial charge in [-0.05, 0) is 48.6 Å². The first-order valence-electron chi connectivity index (χ1n) is 13.6. The van der Waals surface area contributed by atoms with Gasteiger partial charge in [0.05, 0.1) is 12.2 Å². The molecule has 1 heterocycles. The zero-order valence-electron chi connectivity index (χ0n) is 24.8. The fourth-order valence-electron chi connectivity index (χ4n) is 4.43. The van der Waals surface area contributed by atoms with Gasteiger partial charge < -0.3 is 27.1 Å². The Bertz CT molecular complexity index is 1280. The molecule has 0 unspecified atom stereocenters. The van der Waals surface area contributed by atoms with Gasteiger partial charge in [0.25, 0.3) is 0 Å². The predicted molar refractivity (Wildman–Crippen MR) is 167 cm³/mol. The first kappa shape index (κ1) is 32.0. The van der Waals surface area contributed by atoms with E-state index >= 15 is 0 Å². The molecule has 0 bridgehead atoms. The summed E-state index contributed by atoms with van der Waals surface area (Å²) in [6, 6.07) is 19.9. The largest absolute Gasteiger partial charge is 0.382 e. The molecule has 3 rings (SSSR count). The van der Waals surface area contributed by atoms with E-state index in [-0.39, 0.29) is 11.3 Å². The lowest BCUT2D eigenvalue weighted by Gasteiger charge is -2.29. The number of carbonyl (C=O) groups is 1. The van der Waals surface area contributed by atoms with Crippen LogP contribution in [0.2, 0.25) is 0 Å². The van der Waals surface area contributed by atoms with Crippen molar-refractivity contribution < 1.29 is 4.79 Å². The minimum atomic E-state index is -0.000667. The summed E-state index contributed by atoms with van der Waals surface area (Å²) in [5, 5.41) is 3.63. The number of amides is 1. The number of nitrogens with two attached hydrogens (primary N) is 3. The van der Waals surface area contributed by atoms with Crippen LogP contribution in [0.4, 0.5) is 5.69 Å². The SMILES string of the molecule is CCCC/C(=C/N(C)c1ccccc1C(C)(C)C)N(C=O)Cc1ccc(-c2ccccc2/C(N)=N/N)nc1.CN. The molecule has 0 aliphatic rings. The van der Waals surface area contributed by atoms with Crippen molar-refractivity contribution in [2.45, 2.75) is 58.9 Å². The van der Waals surface area contributed by atoms with E-state index in [9.17, 15) is 4.79 Å². The summed E-state index contributed by atoms with van der Waals surface area (Å²) < 4.78 is 0. The highest BCUT2D eigenvalue weighted by molar-refractivity contribution is 6.02. The first-order chi connectivity index (χ1) is 19.2. The second kappa shape index (κ2) is 15.4. The number of hydrogen-bond acceptors (Lipinski definition) is 6. The van der Waals surface area contributed by atoms with Crippen molar-refractivity contribution in [2.24, 2.45) is 22.4 Å². The fourth-order valence-corrected chi connectivity index (χ4v) is 4.43. The number of hydrazone groups is 1. The molecule has 0 saturated heterocycles. The average Bonchev–Trinajstić information content (AvgIpc) is 2.98. The molecule has 1 amide bonds. The van der Waals surface area contributed by atoms with Gasteiger partial charge in [-0.2, -0.15) is 5.10 Å². The lowest BCUT2D eigenvalue weighted by Crippen LogP contribution is -2.25. The third-order valence-electron chi connectivity index (χ3n) is 6.51. The molecule has 0 aliphatic carbocycles. The maximum absolute atomic E-state index is 12.3. The van der Waals surface area contributed by atoms with Crippen molar-refractivity contribution in [3.8, 4) is 11.3 Å². The van der Waals surface area contributed by atoms with E-state index in [2.05, 4.69) is 78.9 Å². The van der Waals surface area contributed by atoms with Crippen molar-refractivity contribution >= 4 is 17.9 Å². The van der Waals surface area contributed by atoms with E-state index < -0.39 is 0 Å². The summed E-state index contributed by atoms with van der Waals surface area (Å²) in [4.78, 5) is 20.9. The van der Waals surface area contributed by atoms with Crippen LogP contribution in [0.15, 0.2) is 83.9 Å². The molecule has 0 aliphatic heterocycles. The Labute approximate surface area is 239 Å². The Morgan fingerprint density at radius 2 is 1.70 bits per heavy atom. The van der Waals surface area contributed by atoms with E-state index in [1.54, 1.807) is 11.1 Å². The quantitative estimate of drug-likeness (QED) is 0.0987. The Morgan fingerprint density at radius 1 is 1.02 bits per heavy atom. The third kappa shape index (κ3) is 8.41. The van der Waals surface area contributed by atoms with Crippen LogP contribution in [0.3, 0.4) is 0 Å². The smallest absolute Gasteiger partial charge is 0.214 e. The van der Waals surface area contributed by atoms with Crippen LogP contribution >= 0.6 is 0 Å². The number of benzene rings is 2. The second-order valence-corrected chi connectivity index (χ2v) is 10.4. The first-order valence-corrected chi connectivity index (χ1v) is 13.6. The molecule has 8 nitrogen and oxygen atoms in total. The molecule has 214 valence electrons. The Kier molecular flexibility index (Phi) is 12.4. The molecule has 8 heteroatoms. The number of rotatable bonds is 11. The Morgan fingerprint density at radius 3 is 2.30 bits per heavy atom. The highest BCUT2D eigenvalue weighted by atomic mass is 16.1. The average molecular weight is 544 g/mol. The number of allylic oxidation sites excluding steroid dienone is 1. The number of amidine groups is 1. The van der Waals surface area contributed by atoms with E-state index in [0.717, 1.165) is 59.4 Å². The highest BCUT2D eigenvalue weighted by Crippen LogP contribution is 2.32. The second-order valence-electron chi connectivity index (χ2n) is 10.4. The van der Waals surface area contributed by atoms with Crippen LogP contribution in [-0.4, -0.2) is 36.2 Å². The molecule has 6 N–H and O–H groups in total. The van der Waals surface area contributed by atoms with Gasteiger partial charge in [-0.15, -0.1) is 0 Å². The third-order valence-corrected chi connectivity index (χ3v) is 6.51. The lowest BCUT2D eigenvalue weighted by molar-refractivity contribution is -0.117. The summed E-state index contributed by atoms with van der Waals surface area (Å²) in [5.41, 5.74) is 17.1. The minimum Gasteiger partial charge on any atom is -0.382 e. The van der Waals surface area contributed by atoms with Gasteiger partial charge in [0, 0.05) is 42.0 Å². The molecular weight excluding hydrogens is 498 g/mol. The van der Waals surface area contributed by atoms with Gasteiger partial charge >= 0.3 is 0 Å². The van der Waals surface area contributed by atoms with Gasteiger partial charge in [-0.1, -0.05) is 82.6 Å². The van der Waals surface area contributed by atoms with E-state index in [4.69, 9.17) is 11.6 Å². The number of nitrogens with zero attached hydrogens (tertiary/aromatic N) is 4. The van der Waals surface area contributed by atoms with E-state index in [1.165, 1.54) is 12.6 Å². The molecule has 0 spiro atoms. The van der Waals surface area contributed by atoms with Gasteiger partial charge in [0.2, 0.25) is 6.41 Å². The molecule has 0 saturated carbocycles. The summed E-state index contributed by atoms with van der Waals surface area (Å²) in [6.45, 7) is 9.22. The van der Waals surface area contributed by atoms with Crippen LogP contribution in [-0.2, 0) is 16.8 Å². The van der Waals surface area contributed by atoms with Crippen molar-refractivity contribution in [2.75, 3.05) is 19.0 Å². The normalized spacial score (nSPS) is 11.9. The van der Waals surface area contributed by atoms with Crippen LogP contribution in [0, 0.1) is 0 Å². The number of hydrogen-bond donors (Lipinski definition) is 3. The Balaban J connectivity index is 0.00000274. The van der Waals surface area contributed by atoms with Crippen molar-refractivity contribution in [3.05, 3.63) is 95.4 Å². The van der Waals surface area contributed by atoms with Gasteiger partial charge in [-0.25, -0.2) is 0 Å². The number of carbonyl (C=O) groups excluding carboxylic acids is 1. The molecule has 1 aromatic heterocycles. The number of aromatic nitrogens is 1. The Hall–Kier alpha value is -4.17. The van der Waals surface area contributed by atoms with E-state index in [1.807, 2.05) is 43.4 Å². The minimum absolute atomic E-state index is 0.000667. The van der Waals surface area contributed by atoms with Crippen LogP contribution in [0.5, 0.6) is 0 Å². The van der Waals surface area contributed by atoms with E-state index in [0.29, 0.717) is 6.54 Å². The highest BCUT2D eigenvalue weighted by Gasteiger charge is 2.20. The fraction of sp³-hybridized carbons (Fsp3) is 0.344. The molecule has 0 fully saturated rings. The molecule has 40 heavy (non-hydrogen) atoms. The summed E-state index contributed by atoms with van der Waals surface area (Å²) in [5.74, 6) is 5.66. The summed E-state index contributed by atoms with van der Waals surface area (Å²) in [6.07, 6.45) is 7.62. The zero-order valence-corrected chi connectivity index (χ0v) is 24.8. The standard InChI is InChI=1S/C31H40N6O.CH5N/c1-6-7-12-24(21-36(5)29-16-11-10-15-27(29)31(2,3)4)37(22-38)20-23-17-18-28(34-19-23)25-13-8-9-14-26(25)30(32)35-33;1-2/h8-11,13-19,21-22H,6-7,12,20,33H2,1-5H3,(H2,32,35);2H2,1H3/b24-21-;. The topological polar surface area (TPSA) is 127 Å². The monoisotopic (exact) mass is 543 g/mol. The number of para-hydroxylation sites is 1. The number of anilines is 1. The van der Waals surface area contributed by atoms with Gasteiger partial charge in [0.1, 0.15) is 0 Å². The van der Waals surface area contributed by atoms with Gasteiger partial charge in [-0.3, -0.25) is 9.78 Å². The predicted octanol–water partition coefficient (Wildman–Crippen LogP) is 5.33. The number of pyridine rings is 1. The number of unbranched alkanes of at least 4 members (excludes halogenated alkanes) is 1. The molecular formula is C32H45N7O. The zero-order chi connectivity index (χ0) is 29.7. The van der Waals surface area contributed by atoms with Crippen LogP contribution in [0.1, 0.15) is 63.6 Å². The van der Waals surface area contributed by atoms with Crippen molar-refractivity contribution in [3.63, 3.8) is 0 Å². The van der Waals surface area contributed by atoms with Crippen molar-refractivity contribution in [1.82, 2.24) is 9.88 Å². The lowest BCUT2D eigenvalue weighted by atomic mass is 9.85. The van der Waals surface area contributed by atoms with Crippen LogP contribution in [0.25, 0.3) is 11.3 Å². The van der Waals surface area contributed by atoms with Gasteiger partial charge in [0.15, 0.2) is 5.84 Å². The molecule has 3 aromatic rings. The molecule has 2 aromatic carbocycles.